The monoisotopic (exact) mass is 341 g/mol. The van der Waals surface area contributed by atoms with Gasteiger partial charge in [-0.1, -0.05) is 35.9 Å². The van der Waals surface area contributed by atoms with Gasteiger partial charge in [-0.25, -0.2) is 9.82 Å². The van der Waals surface area contributed by atoms with Crippen LogP contribution in [0.4, 0.5) is 4.39 Å². The van der Waals surface area contributed by atoms with Crippen molar-refractivity contribution in [1.82, 2.24) is 9.89 Å². The molecule has 1 N–H and O–H groups in total. The Kier molecular flexibility index (Phi) is 3.58. The maximum Gasteiger partial charge on any atom is 0.272 e. The van der Waals surface area contributed by atoms with Gasteiger partial charge in [0, 0.05) is 11.1 Å². The van der Waals surface area contributed by atoms with E-state index in [1.54, 1.807) is 6.20 Å². The summed E-state index contributed by atoms with van der Waals surface area (Å²) >= 11 is 5.96. The topological polar surface area (TPSA) is 46.9 Å². The molecule has 0 saturated heterocycles. The highest BCUT2D eigenvalue weighted by Gasteiger charge is 2.22. The van der Waals surface area contributed by atoms with Crippen molar-refractivity contribution < 1.29 is 9.18 Å². The first-order valence-electron chi connectivity index (χ1n) is 7.55. The summed E-state index contributed by atoms with van der Waals surface area (Å²) in [5.41, 5.74) is 7.17. The maximum atomic E-state index is 13.1. The molecule has 0 fully saturated rings. The van der Waals surface area contributed by atoms with Crippen LogP contribution < -0.4 is 5.43 Å². The molecule has 0 bridgehead atoms. The first-order chi connectivity index (χ1) is 11.6. The number of hydrogen-bond donors (Lipinski definition) is 1. The average molecular weight is 342 g/mol. The molecule has 1 aromatic heterocycles. The second kappa shape index (κ2) is 5.76. The minimum Gasteiger partial charge on any atom is -0.267 e. The van der Waals surface area contributed by atoms with Gasteiger partial charge in [0.1, 0.15) is 5.82 Å². The van der Waals surface area contributed by atoms with E-state index in [0.717, 1.165) is 35.7 Å². The van der Waals surface area contributed by atoms with Gasteiger partial charge in [0.05, 0.1) is 22.5 Å². The molecule has 6 heteroatoms. The van der Waals surface area contributed by atoms with Crippen molar-refractivity contribution >= 4 is 17.5 Å². The Labute approximate surface area is 142 Å². The second-order valence-electron chi connectivity index (χ2n) is 5.65. The number of benzene rings is 2. The minimum absolute atomic E-state index is 0.0638. The molecule has 4 nitrogen and oxygen atoms in total. The van der Waals surface area contributed by atoms with Crippen molar-refractivity contribution in [2.75, 3.05) is 5.43 Å². The first kappa shape index (κ1) is 14.9. The van der Waals surface area contributed by atoms with Crippen molar-refractivity contribution in [3.05, 3.63) is 76.2 Å². The number of aryl methyl sites for hydroxylation is 2. The summed E-state index contributed by atoms with van der Waals surface area (Å²) in [7, 11) is 0. The van der Waals surface area contributed by atoms with Crippen LogP contribution in [0.3, 0.4) is 0 Å². The number of rotatable bonds is 2. The molecule has 1 heterocycles. The first-order valence-corrected chi connectivity index (χ1v) is 7.93. The standard InChI is InChI=1S/C18H13ClFN3O/c19-16-9-13(20)7-8-15(16)18(24)22-23-17-12(10-21-23)6-5-11-3-1-2-4-14(11)17/h1-4,7-10H,5-6H2,(H,22,24). The van der Waals surface area contributed by atoms with Crippen LogP contribution in [0, 0.1) is 5.82 Å². The van der Waals surface area contributed by atoms with Gasteiger partial charge in [0.25, 0.3) is 5.91 Å². The van der Waals surface area contributed by atoms with Gasteiger partial charge in [0.2, 0.25) is 0 Å². The zero-order chi connectivity index (χ0) is 16.7. The molecule has 0 spiro atoms. The molecule has 0 saturated carbocycles. The number of carbonyl (C=O) groups is 1. The van der Waals surface area contributed by atoms with E-state index >= 15 is 0 Å². The molecule has 0 aliphatic heterocycles. The lowest BCUT2D eigenvalue weighted by Gasteiger charge is -2.18. The zero-order valence-corrected chi connectivity index (χ0v) is 13.3. The Hall–Kier alpha value is -2.66. The number of carbonyl (C=O) groups excluding carboxylic acids is 1. The molecule has 4 rings (SSSR count). The Morgan fingerprint density at radius 1 is 1.17 bits per heavy atom. The summed E-state index contributed by atoms with van der Waals surface area (Å²) in [6.07, 6.45) is 3.59. The zero-order valence-electron chi connectivity index (χ0n) is 12.6. The Balaban J connectivity index is 1.70. The fourth-order valence-corrected chi connectivity index (χ4v) is 3.26. The van der Waals surface area contributed by atoms with Crippen molar-refractivity contribution in [2.45, 2.75) is 12.8 Å². The summed E-state index contributed by atoms with van der Waals surface area (Å²) in [5, 5.41) is 4.34. The molecule has 1 amide bonds. The molecule has 0 unspecified atom stereocenters. The molecule has 0 radical (unpaired) electrons. The second-order valence-corrected chi connectivity index (χ2v) is 6.06. The average Bonchev–Trinajstić information content (AvgIpc) is 2.98. The predicted octanol–water partition coefficient (Wildman–Crippen LogP) is 3.83. The highest BCUT2D eigenvalue weighted by molar-refractivity contribution is 6.34. The number of nitrogens with zero attached hydrogens (tertiary/aromatic N) is 2. The predicted molar refractivity (Wildman–Crippen MR) is 90.2 cm³/mol. The van der Waals surface area contributed by atoms with Crippen LogP contribution in [0.1, 0.15) is 21.5 Å². The van der Waals surface area contributed by atoms with Crippen LogP contribution in [0.5, 0.6) is 0 Å². The van der Waals surface area contributed by atoms with Crippen LogP contribution in [-0.4, -0.2) is 15.8 Å². The van der Waals surface area contributed by atoms with Gasteiger partial charge in [-0.2, -0.15) is 9.89 Å². The Bertz CT molecular complexity index is 951. The molecule has 0 atom stereocenters. The third kappa shape index (κ3) is 2.47. The highest BCUT2D eigenvalue weighted by Crippen LogP contribution is 2.32. The lowest BCUT2D eigenvalue weighted by atomic mass is 9.90. The van der Waals surface area contributed by atoms with Crippen LogP contribution >= 0.6 is 11.6 Å². The minimum atomic E-state index is -0.484. The largest absolute Gasteiger partial charge is 0.272 e. The fraction of sp³-hybridized carbons (Fsp3) is 0.111. The van der Waals surface area contributed by atoms with E-state index in [-0.39, 0.29) is 10.6 Å². The van der Waals surface area contributed by atoms with E-state index in [9.17, 15) is 9.18 Å². The lowest BCUT2D eigenvalue weighted by molar-refractivity contribution is 0.101. The molecular weight excluding hydrogens is 329 g/mol. The van der Waals surface area contributed by atoms with Gasteiger partial charge < -0.3 is 0 Å². The van der Waals surface area contributed by atoms with Gasteiger partial charge >= 0.3 is 0 Å². The summed E-state index contributed by atoms with van der Waals surface area (Å²) in [5.74, 6) is -0.920. The van der Waals surface area contributed by atoms with Crippen molar-refractivity contribution in [3.63, 3.8) is 0 Å². The smallest absolute Gasteiger partial charge is 0.267 e. The number of amides is 1. The summed E-state index contributed by atoms with van der Waals surface area (Å²) in [4.78, 5) is 13.9. The van der Waals surface area contributed by atoms with Gasteiger partial charge in [-0.3, -0.25) is 4.79 Å². The van der Waals surface area contributed by atoms with E-state index in [1.807, 2.05) is 18.2 Å². The number of hydrogen-bond acceptors (Lipinski definition) is 2. The van der Waals surface area contributed by atoms with E-state index < -0.39 is 11.7 Å². The third-order valence-corrected chi connectivity index (χ3v) is 4.48. The number of fused-ring (bicyclic) bond motifs is 3. The van der Waals surface area contributed by atoms with Crippen LogP contribution in [-0.2, 0) is 12.8 Å². The van der Waals surface area contributed by atoms with Gasteiger partial charge in [0.15, 0.2) is 0 Å². The maximum absolute atomic E-state index is 13.1. The number of aromatic nitrogens is 2. The highest BCUT2D eigenvalue weighted by atomic mass is 35.5. The molecule has 1 aliphatic carbocycles. The molecule has 1 aliphatic rings. The molecular formula is C18H13ClFN3O. The number of halogens is 2. The summed E-state index contributed by atoms with van der Waals surface area (Å²) < 4.78 is 13.1. The molecule has 3 aromatic rings. The SMILES string of the molecule is O=C(Nn1ncc2c1-c1ccccc1CC2)c1ccc(F)cc1Cl. The van der Waals surface area contributed by atoms with E-state index in [0.29, 0.717) is 0 Å². The van der Waals surface area contributed by atoms with E-state index in [1.165, 1.54) is 22.5 Å². The lowest BCUT2D eigenvalue weighted by Crippen LogP contribution is -2.25. The fourth-order valence-electron chi connectivity index (χ4n) is 3.01. The van der Waals surface area contributed by atoms with Crippen LogP contribution in [0.15, 0.2) is 48.7 Å². The van der Waals surface area contributed by atoms with E-state index in [4.69, 9.17) is 11.6 Å². The van der Waals surface area contributed by atoms with Crippen molar-refractivity contribution in [1.29, 1.82) is 0 Å². The molecule has 24 heavy (non-hydrogen) atoms. The van der Waals surface area contributed by atoms with Crippen LogP contribution in [0.25, 0.3) is 11.3 Å². The molecule has 120 valence electrons. The Morgan fingerprint density at radius 2 is 1.96 bits per heavy atom. The summed E-state index contributed by atoms with van der Waals surface area (Å²) in [6.45, 7) is 0. The Morgan fingerprint density at radius 3 is 2.79 bits per heavy atom. The van der Waals surface area contributed by atoms with Crippen LogP contribution in [0.2, 0.25) is 5.02 Å². The summed E-state index contributed by atoms with van der Waals surface area (Å²) in [6, 6.07) is 11.7. The van der Waals surface area contributed by atoms with Crippen molar-refractivity contribution in [3.8, 4) is 11.3 Å². The van der Waals surface area contributed by atoms with Gasteiger partial charge in [-0.05, 0) is 36.6 Å². The normalized spacial score (nSPS) is 12.4. The van der Waals surface area contributed by atoms with E-state index in [2.05, 4.69) is 16.6 Å². The quantitative estimate of drug-likeness (QED) is 0.770. The third-order valence-electron chi connectivity index (χ3n) is 4.16. The molecule has 2 aromatic carbocycles. The van der Waals surface area contributed by atoms with Gasteiger partial charge in [-0.15, -0.1) is 0 Å². The van der Waals surface area contributed by atoms with Crippen molar-refractivity contribution in [2.24, 2.45) is 0 Å². The number of nitrogens with one attached hydrogen (secondary N) is 1.